The van der Waals surface area contributed by atoms with E-state index in [1.807, 2.05) is 11.8 Å². The van der Waals surface area contributed by atoms with Gasteiger partial charge in [-0.05, 0) is 14.0 Å². The molecule has 1 atom stereocenters. The Labute approximate surface area is 101 Å². The van der Waals surface area contributed by atoms with Crippen LogP contribution in [0.5, 0.6) is 0 Å². The number of aromatic nitrogens is 2. The van der Waals surface area contributed by atoms with E-state index in [0.29, 0.717) is 11.4 Å². The monoisotopic (exact) mass is 237 g/mol. The quantitative estimate of drug-likeness (QED) is 0.733. The Kier molecular flexibility index (Phi) is 3.06. The second-order valence-corrected chi connectivity index (χ2v) is 4.72. The zero-order chi connectivity index (χ0) is 12.6. The van der Waals surface area contributed by atoms with Crippen LogP contribution < -0.4 is 5.73 Å². The van der Waals surface area contributed by atoms with Crippen LogP contribution in [0.2, 0.25) is 0 Å². The molecule has 1 aromatic rings. The molecule has 0 aliphatic carbocycles. The van der Waals surface area contributed by atoms with E-state index in [1.54, 1.807) is 17.9 Å². The smallest absolute Gasteiger partial charge is 0.276 e. The maximum absolute atomic E-state index is 12.3. The number of anilines is 1. The summed E-state index contributed by atoms with van der Waals surface area (Å²) in [5.41, 5.74) is 6.59. The van der Waals surface area contributed by atoms with Crippen LogP contribution in [0.1, 0.15) is 17.4 Å². The van der Waals surface area contributed by atoms with Gasteiger partial charge >= 0.3 is 0 Å². The molecule has 1 saturated heterocycles. The standard InChI is InChI=1S/C11H19N5O/c1-8-6-14(2)4-5-16(8)11(17)10-9(12)7-15(3)13-10/h7-8H,4-6,12H2,1-3H3. The lowest BCUT2D eigenvalue weighted by atomic mass is 10.2. The number of piperazine rings is 1. The Morgan fingerprint density at radius 3 is 2.71 bits per heavy atom. The molecule has 2 N–H and O–H groups in total. The first-order valence-corrected chi connectivity index (χ1v) is 5.77. The Balaban J connectivity index is 2.17. The van der Waals surface area contributed by atoms with E-state index < -0.39 is 0 Å². The minimum Gasteiger partial charge on any atom is -0.396 e. The molecule has 0 bridgehead atoms. The first kappa shape index (κ1) is 11.9. The predicted octanol–water partition coefficient (Wildman–Crippen LogP) is -0.222. The second kappa shape index (κ2) is 4.37. The topological polar surface area (TPSA) is 67.4 Å². The summed E-state index contributed by atoms with van der Waals surface area (Å²) in [5.74, 6) is -0.0660. The van der Waals surface area contributed by atoms with E-state index in [0.717, 1.165) is 19.6 Å². The van der Waals surface area contributed by atoms with Gasteiger partial charge in [-0.25, -0.2) is 0 Å². The van der Waals surface area contributed by atoms with Crippen molar-refractivity contribution in [1.29, 1.82) is 0 Å². The van der Waals surface area contributed by atoms with E-state index in [1.165, 1.54) is 0 Å². The van der Waals surface area contributed by atoms with E-state index in [9.17, 15) is 4.79 Å². The lowest BCUT2D eigenvalue weighted by Crippen LogP contribution is -2.52. The van der Waals surface area contributed by atoms with Gasteiger partial charge < -0.3 is 15.5 Å². The number of nitrogens with zero attached hydrogens (tertiary/aromatic N) is 4. The molecule has 17 heavy (non-hydrogen) atoms. The normalized spacial score (nSPS) is 21.8. The van der Waals surface area contributed by atoms with Crippen molar-refractivity contribution in [3.05, 3.63) is 11.9 Å². The van der Waals surface area contributed by atoms with Crippen molar-refractivity contribution in [2.24, 2.45) is 7.05 Å². The summed E-state index contributed by atoms with van der Waals surface area (Å²) in [7, 11) is 3.83. The van der Waals surface area contributed by atoms with Crippen LogP contribution in [0.3, 0.4) is 0 Å². The van der Waals surface area contributed by atoms with Crippen molar-refractivity contribution in [2.75, 3.05) is 32.4 Å². The third kappa shape index (κ3) is 2.26. The highest BCUT2D eigenvalue weighted by Crippen LogP contribution is 2.16. The highest BCUT2D eigenvalue weighted by Gasteiger charge is 2.29. The van der Waals surface area contributed by atoms with E-state index in [2.05, 4.69) is 17.0 Å². The summed E-state index contributed by atoms with van der Waals surface area (Å²) < 4.78 is 1.57. The summed E-state index contributed by atoms with van der Waals surface area (Å²) in [6, 6.07) is 0.197. The van der Waals surface area contributed by atoms with Crippen molar-refractivity contribution in [2.45, 2.75) is 13.0 Å². The van der Waals surface area contributed by atoms with Crippen molar-refractivity contribution in [3.8, 4) is 0 Å². The zero-order valence-electron chi connectivity index (χ0n) is 10.6. The summed E-state index contributed by atoms with van der Waals surface area (Å²) >= 11 is 0. The number of carbonyl (C=O) groups excluding carboxylic acids is 1. The van der Waals surface area contributed by atoms with Gasteiger partial charge in [0.2, 0.25) is 0 Å². The number of nitrogen functional groups attached to an aromatic ring is 1. The van der Waals surface area contributed by atoms with Gasteiger partial charge in [-0.2, -0.15) is 5.10 Å². The molecule has 6 nitrogen and oxygen atoms in total. The Hall–Kier alpha value is -1.56. The van der Waals surface area contributed by atoms with Gasteiger partial charge in [0.25, 0.3) is 5.91 Å². The fraction of sp³-hybridized carbons (Fsp3) is 0.636. The van der Waals surface area contributed by atoms with Gasteiger partial charge in [0.1, 0.15) is 0 Å². The van der Waals surface area contributed by atoms with Crippen molar-refractivity contribution < 1.29 is 4.79 Å². The molecule has 1 amide bonds. The summed E-state index contributed by atoms with van der Waals surface area (Å²) in [5, 5.41) is 4.13. The minimum atomic E-state index is -0.0660. The fourth-order valence-electron chi connectivity index (χ4n) is 2.25. The maximum Gasteiger partial charge on any atom is 0.276 e. The van der Waals surface area contributed by atoms with Crippen LogP contribution in [0.15, 0.2) is 6.20 Å². The molecule has 0 saturated carbocycles. The molecule has 1 fully saturated rings. The van der Waals surface area contributed by atoms with Crippen LogP contribution in [0, 0.1) is 0 Å². The molecule has 2 rings (SSSR count). The molecule has 0 aromatic carbocycles. The summed E-state index contributed by atoms with van der Waals surface area (Å²) in [4.78, 5) is 16.4. The molecule has 1 unspecified atom stereocenters. The number of aryl methyl sites for hydroxylation is 1. The molecule has 0 radical (unpaired) electrons. The molecular weight excluding hydrogens is 218 g/mol. The zero-order valence-corrected chi connectivity index (χ0v) is 10.6. The molecule has 1 aliphatic heterocycles. The van der Waals surface area contributed by atoms with Gasteiger partial charge in [-0.3, -0.25) is 9.48 Å². The Bertz CT molecular complexity index is 427. The number of amides is 1. The molecule has 2 heterocycles. The summed E-state index contributed by atoms with van der Waals surface area (Å²) in [6.45, 7) is 4.56. The average molecular weight is 237 g/mol. The predicted molar refractivity (Wildman–Crippen MR) is 65.6 cm³/mol. The number of carbonyl (C=O) groups is 1. The number of hydrogen-bond acceptors (Lipinski definition) is 4. The maximum atomic E-state index is 12.3. The van der Waals surface area contributed by atoms with Gasteiger partial charge in [-0.15, -0.1) is 0 Å². The van der Waals surface area contributed by atoms with Gasteiger partial charge in [0.05, 0.1) is 5.69 Å². The molecule has 1 aromatic heterocycles. The second-order valence-electron chi connectivity index (χ2n) is 4.72. The highest BCUT2D eigenvalue weighted by atomic mass is 16.2. The Morgan fingerprint density at radius 1 is 1.47 bits per heavy atom. The minimum absolute atomic E-state index is 0.0660. The largest absolute Gasteiger partial charge is 0.396 e. The molecule has 1 aliphatic rings. The van der Waals surface area contributed by atoms with Crippen LogP contribution in [-0.4, -0.2) is 58.2 Å². The number of nitrogens with two attached hydrogens (primary N) is 1. The molecule has 6 heteroatoms. The van der Waals surface area contributed by atoms with Gasteiger partial charge in [-0.1, -0.05) is 0 Å². The SMILES string of the molecule is CC1CN(C)CCN1C(=O)c1nn(C)cc1N. The first-order valence-electron chi connectivity index (χ1n) is 5.77. The van der Waals surface area contributed by atoms with Gasteiger partial charge in [0, 0.05) is 38.9 Å². The highest BCUT2D eigenvalue weighted by molar-refractivity contribution is 5.97. The average Bonchev–Trinajstić information content (AvgIpc) is 2.57. The van der Waals surface area contributed by atoms with E-state index >= 15 is 0 Å². The Morgan fingerprint density at radius 2 is 2.18 bits per heavy atom. The third-order valence-corrected chi connectivity index (χ3v) is 3.15. The van der Waals surface area contributed by atoms with Crippen LogP contribution in [0.25, 0.3) is 0 Å². The third-order valence-electron chi connectivity index (χ3n) is 3.15. The van der Waals surface area contributed by atoms with Crippen LogP contribution in [-0.2, 0) is 7.05 Å². The van der Waals surface area contributed by atoms with Crippen molar-refractivity contribution >= 4 is 11.6 Å². The number of hydrogen-bond donors (Lipinski definition) is 1. The van der Waals surface area contributed by atoms with Crippen molar-refractivity contribution in [1.82, 2.24) is 19.6 Å². The number of likely N-dealkylation sites (N-methyl/N-ethyl adjacent to an activating group) is 1. The van der Waals surface area contributed by atoms with Crippen molar-refractivity contribution in [3.63, 3.8) is 0 Å². The van der Waals surface area contributed by atoms with Crippen LogP contribution in [0.4, 0.5) is 5.69 Å². The first-order chi connectivity index (χ1) is 7.99. The lowest BCUT2D eigenvalue weighted by Gasteiger charge is -2.37. The number of rotatable bonds is 1. The van der Waals surface area contributed by atoms with Crippen LogP contribution >= 0.6 is 0 Å². The fourth-order valence-corrected chi connectivity index (χ4v) is 2.25. The molecule has 0 spiro atoms. The lowest BCUT2D eigenvalue weighted by molar-refractivity contribution is 0.0528. The van der Waals surface area contributed by atoms with Gasteiger partial charge in [0.15, 0.2) is 5.69 Å². The molecular formula is C11H19N5O. The van der Waals surface area contributed by atoms with E-state index in [4.69, 9.17) is 5.73 Å². The van der Waals surface area contributed by atoms with E-state index in [-0.39, 0.29) is 11.9 Å². The summed E-state index contributed by atoms with van der Waals surface area (Å²) in [6.07, 6.45) is 1.66. The molecule has 94 valence electrons.